The minimum atomic E-state index is 0.0437. The fraction of sp³-hybridized carbons (Fsp3) is 0.480. The summed E-state index contributed by atoms with van der Waals surface area (Å²) in [5.41, 5.74) is 1.55. The van der Waals surface area contributed by atoms with E-state index in [4.69, 9.17) is 4.74 Å². The van der Waals surface area contributed by atoms with Gasteiger partial charge in [-0.15, -0.1) is 0 Å². The fourth-order valence-electron chi connectivity index (χ4n) is 3.44. The quantitative estimate of drug-likeness (QED) is 0.157. The van der Waals surface area contributed by atoms with E-state index in [1.54, 1.807) is 18.2 Å². The second-order valence-electron chi connectivity index (χ2n) is 7.52. The van der Waals surface area contributed by atoms with Gasteiger partial charge in [0.25, 0.3) is 0 Å². The Hall–Kier alpha value is -2.49. The molecule has 0 heterocycles. The van der Waals surface area contributed by atoms with Crippen LogP contribution >= 0.6 is 0 Å². The lowest BCUT2D eigenvalue weighted by molar-refractivity contribution is 0.302. The Morgan fingerprint density at radius 2 is 1.45 bits per heavy atom. The Morgan fingerprint density at radius 3 is 2.03 bits per heavy atom. The van der Waals surface area contributed by atoms with Gasteiger partial charge >= 0.3 is 0 Å². The molecule has 2 aromatic carbocycles. The Labute approximate surface area is 175 Å². The molecule has 0 fully saturated rings. The van der Waals surface area contributed by atoms with E-state index in [-0.39, 0.29) is 5.75 Å². The van der Waals surface area contributed by atoms with E-state index in [1.165, 1.54) is 57.8 Å². The lowest BCUT2D eigenvalue weighted by Crippen LogP contribution is -2.04. The van der Waals surface area contributed by atoms with Crippen LogP contribution in [0.15, 0.2) is 53.7 Å². The average Bonchev–Trinajstić information content (AvgIpc) is 2.75. The zero-order valence-electron chi connectivity index (χ0n) is 17.6. The molecule has 0 amide bonds. The number of oxime groups is 1. The Bertz CT molecular complexity index is 728. The first-order chi connectivity index (χ1) is 14.3. The van der Waals surface area contributed by atoms with Crippen molar-refractivity contribution in [3.8, 4) is 11.5 Å². The van der Waals surface area contributed by atoms with Crippen LogP contribution in [0, 0.1) is 0 Å². The van der Waals surface area contributed by atoms with Gasteiger partial charge in [-0.1, -0.05) is 100 Å². The Morgan fingerprint density at radius 1 is 0.828 bits per heavy atom. The molecule has 0 bridgehead atoms. The monoisotopic (exact) mass is 397 g/mol. The predicted octanol–water partition coefficient (Wildman–Crippen LogP) is 6.92. The molecule has 0 unspecified atom stereocenters. The van der Waals surface area contributed by atoms with Gasteiger partial charge in [-0.25, -0.2) is 0 Å². The van der Waals surface area contributed by atoms with Crippen molar-refractivity contribution in [1.82, 2.24) is 0 Å². The van der Waals surface area contributed by atoms with Crippen LogP contribution in [0.25, 0.3) is 0 Å². The number of ether oxygens (including phenoxy) is 1. The lowest BCUT2D eigenvalue weighted by Gasteiger charge is -2.10. The van der Waals surface area contributed by atoms with Crippen molar-refractivity contribution in [3.63, 3.8) is 0 Å². The molecule has 0 saturated heterocycles. The highest BCUT2D eigenvalue weighted by atomic mass is 16.5. The molecule has 2 aromatic rings. The van der Waals surface area contributed by atoms with Crippen molar-refractivity contribution >= 4 is 5.71 Å². The standard InChI is InChI=1S/C25H35NO3/c1-2-3-4-5-6-7-8-9-10-14-19-29-22-17-18-23(24(27)20-22)25(26-28)21-15-12-11-13-16-21/h11-13,15-18,20,27-28H,2-10,14,19H2,1H3. The molecule has 2 rings (SSSR count). The van der Waals surface area contributed by atoms with Gasteiger partial charge in [0.1, 0.15) is 17.2 Å². The smallest absolute Gasteiger partial charge is 0.128 e. The molecule has 0 aliphatic rings. The van der Waals surface area contributed by atoms with E-state index in [2.05, 4.69) is 12.1 Å². The van der Waals surface area contributed by atoms with E-state index in [9.17, 15) is 10.3 Å². The largest absolute Gasteiger partial charge is 0.507 e. The van der Waals surface area contributed by atoms with Crippen molar-refractivity contribution in [2.45, 2.75) is 71.1 Å². The third-order valence-corrected chi connectivity index (χ3v) is 5.14. The highest BCUT2D eigenvalue weighted by Crippen LogP contribution is 2.26. The Kier molecular flexibility index (Phi) is 10.7. The zero-order chi connectivity index (χ0) is 20.7. The van der Waals surface area contributed by atoms with Crippen LogP contribution in [0.4, 0.5) is 0 Å². The highest BCUT2D eigenvalue weighted by Gasteiger charge is 2.13. The van der Waals surface area contributed by atoms with Crippen molar-refractivity contribution in [1.29, 1.82) is 0 Å². The third kappa shape index (κ3) is 8.18. The lowest BCUT2D eigenvalue weighted by atomic mass is 10.0. The topological polar surface area (TPSA) is 62.0 Å². The zero-order valence-corrected chi connectivity index (χ0v) is 17.6. The number of hydrogen-bond donors (Lipinski definition) is 2. The summed E-state index contributed by atoms with van der Waals surface area (Å²) in [6.45, 7) is 2.90. The second kappa shape index (κ2) is 13.6. The third-order valence-electron chi connectivity index (χ3n) is 5.14. The summed E-state index contributed by atoms with van der Waals surface area (Å²) in [4.78, 5) is 0. The summed E-state index contributed by atoms with van der Waals surface area (Å²) < 4.78 is 5.77. The molecule has 29 heavy (non-hydrogen) atoms. The van der Waals surface area contributed by atoms with Crippen LogP contribution in [0.2, 0.25) is 0 Å². The summed E-state index contributed by atoms with van der Waals surface area (Å²) >= 11 is 0. The molecule has 4 heteroatoms. The molecule has 0 saturated carbocycles. The van der Waals surface area contributed by atoms with Crippen LogP contribution in [-0.4, -0.2) is 22.6 Å². The van der Waals surface area contributed by atoms with E-state index in [1.807, 2.05) is 30.3 Å². The van der Waals surface area contributed by atoms with Crippen molar-refractivity contribution < 1.29 is 15.1 Å². The summed E-state index contributed by atoms with van der Waals surface area (Å²) in [5, 5.41) is 23.1. The van der Waals surface area contributed by atoms with Gasteiger partial charge in [0.15, 0.2) is 0 Å². The minimum absolute atomic E-state index is 0.0437. The van der Waals surface area contributed by atoms with Gasteiger partial charge in [-0.3, -0.25) is 0 Å². The van der Waals surface area contributed by atoms with Crippen LogP contribution in [0.1, 0.15) is 82.3 Å². The fourth-order valence-corrected chi connectivity index (χ4v) is 3.44. The van der Waals surface area contributed by atoms with Crippen molar-refractivity contribution in [2.75, 3.05) is 6.61 Å². The number of phenols is 1. The number of hydrogen-bond acceptors (Lipinski definition) is 4. The first kappa shape index (κ1) is 22.8. The van der Waals surface area contributed by atoms with Gasteiger partial charge in [-0.05, 0) is 18.6 Å². The van der Waals surface area contributed by atoms with Gasteiger partial charge < -0.3 is 15.1 Å². The molecule has 0 aliphatic carbocycles. The van der Waals surface area contributed by atoms with Crippen molar-refractivity contribution in [3.05, 3.63) is 59.7 Å². The molecular weight excluding hydrogens is 362 g/mol. The number of rotatable bonds is 14. The second-order valence-corrected chi connectivity index (χ2v) is 7.52. The molecule has 2 N–H and O–H groups in total. The maximum atomic E-state index is 10.4. The van der Waals surface area contributed by atoms with Crippen LogP contribution in [-0.2, 0) is 0 Å². The maximum Gasteiger partial charge on any atom is 0.128 e. The van der Waals surface area contributed by atoms with E-state index >= 15 is 0 Å². The number of unbranched alkanes of at least 4 members (excludes halogenated alkanes) is 9. The van der Waals surface area contributed by atoms with Gasteiger partial charge in [-0.2, -0.15) is 0 Å². The first-order valence-corrected chi connectivity index (χ1v) is 11.0. The molecule has 0 spiro atoms. The molecule has 4 nitrogen and oxygen atoms in total. The molecule has 0 radical (unpaired) electrons. The van der Waals surface area contributed by atoms with Crippen molar-refractivity contribution in [2.24, 2.45) is 5.16 Å². The number of nitrogens with zero attached hydrogens (tertiary/aromatic N) is 1. The molecular formula is C25H35NO3. The SMILES string of the molecule is CCCCCCCCCCCCOc1ccc(C(=NO)c2ccccc2)c(O)c1. The van der Waals surface area contributed by atoms with Crippen LogP contribution in [0.5, 0.6) is 11.5 Å². The number of aromatic hydroxyl groups is 1. The predicted molar refractivity (Wildman–Crippen MR) is 119 cm³/mol. The normalized spacial score (nSPS) is 11.6. The summed E-state index contributed by atoms with van der Waals surface area (Å²) in [7, 11) is 0. The maximum absolute atomic E-state index is 10.4. The Balaban J connectivity index is 1.69. The van der Waals surface area contributed by atoms with Crippen LogP contribution < -0.4 is 4.74 Å². The van der Waals surface area contributed by atoms with Gasteiger partial charge in [0, 0.05) is 17.2 Å². The molecule has 158 valence electrons. The first-order valence-electron chi connectivity index (χ1n) is 11.0. The average molecular weight is 398 g/mol. The number of benzene rings is 2. The molecule has 0 aromatic heterocycles. The minimum Gasteiger partial charge on any atom is -0.507 e. The molecule has 0 atom stereocenters. The van der Waals surface area contributed by atoms with Crippen LogP contribution in [0.3, 0.4) is 0 Å². The number of phenolic OH excluding ortho intramolecular Hbond substituents is 1. The van der Waals surface area contributed by atoms with E-state index in [0.717, 1.165) is 12.0 Å². The summed E-state index contributed by atoms with van der Waals surface area (Å²) in [6, 6.07) is 14.4. The summed E-state index contributed by atoms with van der Waals surface area (Å²) in [5.74, 6) is 0.676. The van der Waals surface area contributed by atoms with Gasteiger partial charge in [0.2, 0.25) is 0 Å². The van der Waals surface area contributed by atoms with E-state index < -0.39 is 0 Å². The molecule has 0 aliphatic heterocycles. The summed E-state index contributed by atoms with van der Waals surface area (Å²) in [6.07, 6.45) is 12.9. The van der Waals surface area contributed by atoms with E-state index in [0.29, 0.717) is 23.6 Å². The van der Waals surface area contributed by atoms with Gasteiger partial charge in [0.05, 0.1) is 6.61 Å². The highest BCUT2D eigenvalue weighted by molar-refractivity contribution is 6.14.